The minimum atomic E-state index is -0.662. The van der Waals surface area contributed by atoms with E-state index in [1.165, 1.54) is 19.4 Å². The number of piperidine rings is 2. The van der Waals surface area contributed by atoms with Crippen LogP contribution >= 0.6 is 0 Å². The van der Waals surface area contributed by atoms with Crippen molar-refractivity contribution >= 4 is 11.6 Å². The van der Waals surface area contributed by atoms with Crippen LogP contribution in [0.3, 0.4) is 0 Å². The first kappa shape index (κ1) is 20.8. The van der Waals surface area contributed by atoms with E-state index in [4.69, 9.17) is 0 Å². The van der Waals surface area contributed by atoms with E-state index < -0.39 is 5.60 Å². The molecule has 31 heavy (non-hydrogen) atoms. The van der Waals surface area contributed by atoms with Crippen molar-refractivity contribution in [3.05, 3.63) is 0 Å². The Kier molecular flexibility index (Phi) is 4.63. The van der Waals surface area contributed by atoms with E-state index in [2.05, 4.69) is 25.7 Å². The monoisotopic (exact) mass is 427 g/mol. The van der Waals surface area contributed by atoms with E-state index in [9.17, 15) is 14.7 Å². The van der Waals surface area contributed by atoms with Gasteiger partial charge in [-0.05, 0) is 85.4 Å². The van der Waals surface area contributed by atoms with E-state index in [0.29, 0.717) is 37.0 Å². The maximum absolute atomic E-state index is 13.2. The zero-order valence-corrected chi connectivity index (χ0v) is 19.7. The van der Waals surface area contributed by atoms with Gasteiger partial charge in [0.05, 0.1) is 5.60 Å². The summed E-state index contributed by atoms with van der Waals surface area (Å²) in [6.07, 6.45) is 8.26. The molecule has 0 radical (unpaired) electrons. The van der Waals surface area contributed by atoms with Gasteiger partial charge in [-0.1, -0.05) is 20.8 Å². The lowest BCUT2D eigenvalue weighted by molar-refractivity contribution is -0.165. The van der Waals surface area contributed by atoms with E-state index in [-0.39, 0.29) is 28.8 Å². The van der Waals surface area contributed by atoms with Crippen LogP contribution in [0, 0.1) is 52.8 Å². The maximum Gasteiger partial charge on any atom is 0.137 e. The Labute approximate surface area is 187 Å². The molecule has 11 atom stereocenters. The van der Waals surface area contributed by atoms with Crippen LogP contribution in [-0.2, 0) is 9.59 Å². The molecule has 0 aromatic rings. The predicted octanol–water partition coefficient (Wildman–Crippen LogP) is 4.09. The van der Waals surface area contributed by atoms with Crippen LogP contribution in [-0.4, -0.2) is 46.3 Å². The largest absolute Gasteiger partial charge is 0.389 e. The van der Waals surface area contributed by atoms with Gasteiger partial charge in [0.1, 0.15) is 11.6 Å². The molecule has 4 saturated carbocycles. The number of nitrogens with zero attached hydrogens (tertiary/aromatic N) is 1. The van der Waals surface area contributed by atoms with Gasteiger partial charge in [0.25, 0.3) is 0 Å². The number of aliphatic hydroxyl groups is 1. The molecule has 2 heterocycles. The molecule has 6 rings (SSSR count). The van der Waals surface area contributed by atoms with Crippen molar-refractivity contribution in [2.45, 2.75) is 90.2 Å². The molecule has 0 aromatic carbocycles. The highest BCUT2D eigenvalue weighted by molar-refractivity contribution is 5.91. The van der Waals surface area contributed by atoms with Crippen LogP contribution in [0.25, 0.3) is 0 Å². The second kappa shape index (κ2) is 6.88. The van der Waals surface area contributed by atoms with Gasteiger partial charge >= 0.3 is 0 Å². The molecule has 4 nitrogen and oxygen atoms in total. The van der Waals surface area contributed by atoms with Gasteiger partial charge < -0.3 is 5.11 Å². The molecular weight excluding hydrogens is 386 g/mol. The summed E-state index contributed by atoms with van der Waals surface area (Å²) < 4.78 is 0. The Morgan fingerprint density at radius 3 is 2.55 bits per heavy atom. The molecule has 4 unspecified atom stereocenters. The van der Waals surface area contributed by atoms with Gasteiger partial charge in [0.15, 0.2) is 0 Å². The number of Topliss-reactive ketones (excluding diaryl/α,β-unsaturated/α-hetero) is 2. The first-order valence-electron chi connectivity index (χ1n) is 13.2. The topological polar surface area (TPSA) is 57.6 Å². The summed E-state index contributed by atoms with van der Waals surface area (Å²) in [7, 11) is 0. The second-order valence-corrected chi connectivity index (χ2v) is 12.9. The van der Waals surface area contributed by atoms with Crippen molar-refractivity contribution in [1.29, 1.82) is 0 Å². The van der Waals surface area contributed by atoms with Crippen molar-refractivity contribution in [2.24, 2.45) is 52.8 Å². The van der Waals surface area contributed by atoms with Gasteiger partial charge in [-0.15, -0.1) is 0 Å². The summed E-state index contributed by atoms with van der Waals surface area (Å²) in [5.41, 5.74) is -0.746. The Balaban J connectivity index is 1.33. The van der Waals surface area contributed by atoms with Crippen molar-refractivity contribution in [2.75, 3.05) is 13.1 Å². The third kappa shape index (κ3) is 2.79. The minimum Gasteiger partial charge on any atom is -0.389 e. The van der Waals surface area contributed by atoms with E-state index in [1.807, 2.05) is 0 Å². The first-order valence-corrected chi connectivity index (χ1v) is 13.2. The molecule has 4 aliphatic carbocycles. The van der Waals surface area contributed by atoms with Gasteiger partial charge in [-0.2, -0.15) is 0 Å². The average molecular weight is 428 g/mol. The van der Waals surface area contributed by atoms with Crippen LogP contribution < -0.4 is 0 Å². The number of fused-ring (bicyclic) bond motifs is 8. The quantitative estimate of drug-likeness (QED) is 0.632. The third-order valence-corrected chi connectivity index (χ3v) is 11.7. The molecule has 0 amide bonds. The fourth-order valence-corrected chi connectivity index (χ4v) is 10.1. The van der Waals surface area contributed by atoms with Crippen molar-refractivity contribution in [3.63, 3.8) is 0 Å². The summed E-state index contributed by atoms with van der Waals surface area (Å²) in [6.45, 7) is 9.55. The van der Waals surface area contributed by atoms with Crippen LogP contribution in [0.15, 0.2) is 0 Å². The van der Waals surface area contributed by atoms with Gasteiger partial charge in [-0.25, -0.2) is 0 Å². The molecule has 0 spiro atoms. The van der Waals surface area contributed by atoms with Crippen molar-refractivity contribution in [3.8, 4) is 0 Å². The van der Waals surface area contributed by atoms with Crippen LogP contribution in [0.4, 0.5) is 0 Å². The second-order valence-electron chi connectivity index (χ2n) is 12.9. The Morgan fingerprint density at radius 1 is 0.935 bits per heavy atom. The molecular formula is C27H41NO3. The van der Waals surface area contributed by atoms with Gasteiger partial charge in [0, 0.05) is 44.3 Å². The summed E-state index contributed by atoms with van der Waals surface area (Å²) in [5.74, 6) is 4.12. The fraction of sp³-hybridized carbons (Fsp3) is 0.926. The first-order chi connectivity index (χ1) is 14.7. The summed E-state index contributed by atoms with van der Waals surface area (Å²) >= 11 is 0. The Morgan fingerprint density at radius 2 is 1.74 bits per heavy atom. The number of rotatable bonds is 0. The van der Waals surface area contributed by atoms with Gasteiger partial charge in [0.2, 0.25) is 0 Å². The molecule has 6 aliphatic rings. The van der Waals surface area contributed by atoms with Gasteiger partial charge in [-0.3, -0.25) is 14.5 Å². The smallest absolute Gasteiger partial charge is 0.137 e. The summed E-state index contributed by atoms with van der Waals surface area (Å²) in [4.78, 5) is 28.2. The van der Waals surface area contributed by atoms with E-state index in [0.717, 1.165) is 56.0 Å². The summed E-state index contributed by atoms with van der Waals surface area (Å²) in [5, 5.41) is 12.2. The molecule has 2 aliphatic heterocycles. The Hall–Kier alpha value is -0.740. The number of ketones is 2. The highest BCUT2D eigenvalue weighted by Crippen LogP contribution is 2.67. The third-order valence-electron chi connectivity index (χ3n) is 11.7. The number of hydrogen-bond acceptors (Lipinski definition) is 4. The van der Waals surface area contributed by atoms with Crippen LogP contribution in [0.1, 0.15) is 78.6 Å². The highest BCUT2D eigenvalue weighted by Gasteiger charge is 2.68. The highest BCUT2D eigenvalue weighted by atomic mass is 16.3. The van der Waals surface area contributed by atoms with E-state index in [1.54, 1.807) is 0 Å². The number of hydrogen-bond donors (Lipinski definition) is 1. The number of carbonyl (C=O) groups is 2. The zero-order valence-electron chi connectivity index (χ0n) is 19.7. The lowest BCUT2D eigenvalue weighted by atomic mass is 9.51. The van der Waals surface area contributed by atoms with Crippen molar-refractivity contribution in [1.82, 2.24) is 4.90 Å². The Bertz CT molecular complexity index is 793. The maximum atomic E-state index is 13.2. The van der Waals surface area contributed by atoms with E-state index >= 15 is 0 Å². The normalized spacial score (nSPS) is 56.8. The van der Waals surface area contributed by atoms with Crippen molar-refractivity contribution < 1.29 is 14.7 Å². The lowest BCUT2D eigenvalue weighted by Gasteiger charge is -2.58. The molecule has 6 fully saturated rings. The zero-order chi connectivity index (χ0) is 21.7. The lowest BCUT2D eigenvalue weighted by Crippen LogP contribution is -2.62. The standard InChI is InChI=1S/C27H41NO3/c1-15-4-5-24-16(2)18-7-9-27(31)20(19(18)14-28(24)13-15)11-21-22(27)12-25(30)23-10-17(29)6-8-26(21,23)3/h15-16,18-24,31H,4-14H2,1-3H3/t15-,16-,18?,19?,20+,21?,22?,23-,24+,26-,27+/m1/s1. The number of carbonyl (C=O) groups excluding carboxylic acids is 2. The molecule has 0 bridgehead atoms. The SMILES string of the molecule is C[C@@H]1CC[C@H]2[C@H](C)C3CC[C@@]4(O)C5CC(=O)[C@H]6CC(=O)CC[C@]6(C)C5C[C@H]4C3CN2C1. The fourth-order valence-electron chi connectivity index (χ4n) is 10.1. The molecule has 0 aromatic heterocycles. The molecule has 4 heteroatoms. The van der Waals surface area contributed by atoms with Crippen LogP contribution in [0.2, 0.25) is 0 Å². The predicted molar refractivity (Wildman–Crippen MR) is 119 cm³/mol. The molecule has 172 valence electrons. The minimum absolute atomic E-state index is 0.0844. The molecule has 1 N–H and O–H groups in total. The summed E-state index contributed by atoms with van der Waals surface area (Å²) in [6, 6.07) is 0.736. The van der Waals surface area contributed by atoms with Crippen LogP contribution in [0.5, 0.6) is 0 Å². The average Bonchev–Trinajstić information content (AvgIpc) is 3.03. The molecule has 2 saturated heterocycles.